The molecular weight excluding hydrogens is 318 g/mol. The van der Waals surface area contributed by atoms with E-state index in [0.29, 0.717) is 0 Å². The predicted octanol–water partition coefficient (Wildman–Crippen LogP) is 3.20. The summed E-state index contributed by atoms with van der Waals surface area (Å²) in [5.74, 6) is 0.861. The second kappa shape index (κ2) is 7.45. The Balaban J connectivity index is 2.03. The van der Waals surface area contributed by atoms with E-state index in [1.165, 1.54) is 0 Å². The van der Waals surface area contributed by atoms with Crippen molar-refractivity contribution in [2.45, 2.75) is 26.4 Å². The molecule has 5 heteroatoms. The number of nitrogens with zero attached hydrogens (tertiary/aromatic N) is 2. The van der Waals surface area contributed by atoms with Gasteiger partial charge in [-0.3, -0.25) is 4.68 Å². The van der Waals surface area contributed by atoms with Crippen molar-refractivity contribution in [2.75, 3.05) is 13.7 Å². The van der Waals surface area contributed by atoms with Crippen molar-refractivity contribution in [3.8, 4) is 5.75 Å². The fourth-order valence-electron chi connectivity index (χ4n) is 1.95. The highest BCUT2D eigenvalue weighted by molar-refractivity contribution is 9.10. The number of hydrogen-bond donors (Lipinski definition) is 1. The number of benzene rings is 1. The van der Waals surface area contributed by atoms with Crippen LogP contribution in [0.5, 0.6) is 5.75 Å². The van der Waals surface area contributed by atoms with Gasteiger partial charge in [-0.15, -0.1) is 0 Å². The molecule has 0 aliphatic rings. The van der Waals surface area contributed by atoms with E-state index in [2.05, 4.69) is 39.3 Å². The standard InChI is InChI=1S/C15H20BrN3O/c1-3-7-17-10-13-6-8-19(18-13)11-12-9-14(20-2)4-5-15(12)16/h4-6,8-9,17H,3,7,10-11H2,1-2H3. The van der Waals surface area contributed by atoms with Crippen LogP contribution in [0.1, 0.15) is 24.6 Å². The van der Waals surface area contributed by atoms with Gasteiger partial charge in [-0.1, -0.05) is 22.9 Å². The number of rotatable bonds is 7. The Hall–Kier alpha value is -1.33. The minimum absolute atomic E-state index is 0.728. The van der Waals surface area contributed by atoms with E-state index in [9.17, 15) is 0 Å². The third kappa shape index (κ3) is 4.08. The van der Waals surface area contributed by atoms with Crippen LogP contribution in [0, 0.1) is 0 Å². The van der Waals surface area contributed by atoms with Gasteiger partial charge in [0.1, 0.15) is 5.75 Å². The predicted molar refractivity (Wildman–Crippen MR) is 84.0 cm³/mol. The van der Waals surface area contributed by atoms with Crippen molar-refractivity contribution in [1.82, 2.24) is 15.1 Å². The van der Waals surface area contributed by atoms with Crippen molar-refractivity contribution < 1.29 is 4.74 Å². The molecule has 0 spiro atoms. The average Bonchev–Trinajstić information content (AvgIpc) is 2.89. The van der Waals surface area contributed by atoms with Crippen LogP contribution in [0.2, 0.25) is 0 Å². The van der Waals surface area contributed by atoms with Crippen LogP contribution in [-0.2, 0) is 13.1 Å². The molecule has 1 aromatic heterocycles. The van der Waals surface area contributed by atoms with E-state index < -0.39 is 0 Å². The molecule has 1 aromatic carbocycles. The summed E-state index contributed by atoms with van der Waals surface area (Å²) < 4.78 is 8.27. The molecule has 0 unspecified atom stereocenters. The Morgan fingerprint density at radius 3 is 2.95 bits per heavy atom. The first kappa shape index (κ1) is 15.1. The maximum absolute atomic E-state index is 5.26. The van der Waals surface area contributed by atoms with Gasteiger partial charge in [0.2, 0.25) is 0 Å². The lowest BCUT2D eigenvalue weighted by Gasteiger charge is -2.07. The molecule has 0 aliphatic heterocycles. The van der Waals surface area contributed by atoms with Crippen molar-refractivity contribution in [1.29, 1.82) is 0 Å². The van der Waals surface area contributed by atoms with Gasteiger partial charge in [-0.05, 0) is 42.8 Å². The molecule has 4 nitrogen and oxygen atoms in total. The van der Waals surface area contributed by atoms with Gasteiger partial charge in [-0.25, -0.2) is 0 Å². The van der Waals surface area contributed by atoms with Crippen LogP contribution < -0.4 is 10.1 Å². The quantitative estimate of drug-likeness (QED) is 0.788. The molecule has 108 valence electrons. The molecule has 0 atom stereocenters. The molecule has 0 saturated carbocycles. The summed E-state index contributed by atoms with van der Waals surface area (Å²) in [6.07, 6.45) is 3.15. The topological polar surface area (TPSA) is 39.1 Å². The summed E-state index contributed by atoms with van der Waals surface area (Å²) in [7, 11) is 1.68. The zero-order valence-corrected chi connectivity index (χ0v) is 13.5. The normalized spacial score (nSPS) is 10.8. The van der Waals surface area contributed by atoms with Gasteiger partial charge in [0.05, 0.1) is 19.3 Å². The molecule has 0 amide bonds. The van der Waals surface area contributed by atoms with Crippen molar-refractivity contribution in [2.24, 2.45) is 0 Å². The maximum Gasteiger partial charge on any atom is 0.119 e. The smallest absolute Gasteiger partial charge is 0.119 e. The SMILES string of the molecule is CCCNCc1ccn(Cc2cc(OC)ccc2Br)n1. The molecule has 0 fully saturated rings. The van der Waals surface area contributed by atoms with E-state index in [0.717, 1.165) is 47.5 Å². The number of aromatic nitrogens is 2. The van der Waals surface area contributed by atoms with E-state index in [1.54, 1.807) is 7.11 Å². The van der Waals surface area contributed by atoms with Crippen LogP contribution >= 0.6 is 15.9 Å². The van der Waals surface area contributed by atoms with Crippen molar-refractivity contribution in [3.05, 3.63) is 46.2 Å². The van der Waals surface area contributed by atoms with E-state index in [4.69, 9.17) is 4.74 Å². The fourth-order valence-corrected chi connectivity index (χ4v) is 2.33. The molecule has 2 aromatic rings. The van der Waals surface area contributed by atoms with Crippen LogP contribution in [0.25, 0.3) is 0 Å². The first-order chi connectivity index (χ1) is 9.72. The Kier molecular flexibility index (Phi) is 5.61. The first-order valence-corrected chi connectivity index (χ1v) is 7.57. The molecule has 0 radical (unpaired) electrons. The molecule has 0 saturated heterocycles. The van der Waals surface area contributed by atoms with Gasteiger partial charge in [-0.2, -0.15) is 5.10 Å². The molecule has 1 heterocycles. The monoisotopic (exact) mass is 337 g/mol. The highest BCUT2D eigenvalue weighted by Crippen LogP contribution is 2.23. The van der Waals surface area contributed by atoms with Crippen LogP contribution in [0.3, 0.4) is 0 Å². The summed E-state index contributed by atoms with van der Waals surface area (Å²) >= 11 is 3.57. The Morgan fingerprint density at radius 2 is 2.20 bits per heavy atom. The maximum atomic E-state index is 5.26. The number of nitrogens with one attached hydrogen (secondary N) is 1. The minimum atomic E-state index is 0.728. The first-order valence-electron chi connectivity index (χ1n) is 6.78. The number of ether oxygens (including phenoxy) is 1. The summed E-state index contributed by atoms with van der Waals surface area (Å²) in [6.45, 7) is 4.73. The largest absolute Gasteiger partial charge is 0.497 e. The van der Waals surface area contributed by atoms with Crippen LogP contribution in [0.15, 0.2) is 34.9 Å². The summed E-state index contributed by atoms with van der Waals surface area (Å²) in [4.78, 5) is 0. The lowest BCUT2D eigenvalue weighted by molar-refractivity contribution is 0.414. The summed E-state index contributed by atoms with van der Waals surface area (Å²) in [6, 6.07) is 8.02. The van der Waals surface area contributed by atoms with Crippen LogP contribution in [0.4, 0.5) is 0 Å². The Bertz CT molecular complexity index is 554. The minimum Gasteiger partial charge on any atom is -0.497 e. The van der Waals surface area contributed by atoms with Gasteiger partial charge in [0.15, 0.2) is 0 Å². The highest BCUT2D eigenvalue weighted by atomic mass is 79.9. The van der Waals surface area contributed by atoms with Gasteiger partial charge in [0, 0.05) is 17.2 Å². The zero-order chi connectivity index (χ0) is 14.4. The Morgan fingerprint density at radius 1 is 1.35 bits per heavy atom. The highest BCUT2D eigenvalue weighted by Gasteiger charge is 2.05. The average molecular weight is 338 g/mol. The number of hydrogen-bond acceptors (Lipinski definition) is 3. The van der Waals surface area contributed by atoms with Gasteiger partial charge < -0.3 is 10.1 Å². The van der Waals surface area contributed by atoms with E-state index >= 15 is 0 Å². The number of halogens is 1. The second-order valence-corrected chi connectivity index (χ2v) is 5.49. The molecule has 20 heavy (non-hydrogen) atoms. The molecule has 0 aliphatic carbocycles. The Labute approximate surface area is 128 Å². The van der Waals surface area contributed by atoms with Gasteiger partial charge in [0.25, 0.3) is 0 Å². The summed E-state index contributed by atoms with van der Waals surface area (Å²) in [5.41, 5.74) is 2.22. The van der Waals surface area contributed by atoms with E-state index in [-0.39, 0.29) is 0 Å². The van der Waals surface area contributed by atoms with Crippen molar-refractivity contribution in [3.63, 3.8) is 0 Å². The third-order valence-electron chi connectivity index (χ3n) is 3.01. The molecular formula is C15H20BrN3O. The molecule has 1 N–H and O–H groups in total. The molecule has 0 bridgehead atoms. The lowest BCUT2D eigenvalue weighted by Crippen LogP contribution is -2.14. The lowest BCUT2D eigenvalue weighted by atomic mass is 10.2. The third-order valence-corrected chi connectivity index (χ3v) is 3.79. The number of methoxy groups -OCH3 is 1. The zero-order valence-electron chi connectivity index (χ0n) is 11.9. The van der Waals surface area contributed by atoms with Gasteiger partial charge >= 0.3 is 0 Å². The van der Waals surface area contributed by atoms with Crippen molar-refractivity contribution >= 4 is 15.9 Å². The van der Waals surface area contributed by atoms with Crippen LogP contribution in [-0.4, -0.2) is 23.4 Å². The second-order valence-electron chi connectivity index (χ2n) is 4.64. The molecule has 2 rings (SSSR count). The summed E-state index contributed by atoms with van der Waals surface area (Å²) in [5, 5.41) is 7.92. The van der Waals surface area contributed by atoms with E-state index in [1.807, 2.05) is 29.1 Å². The fraction of sp³-hybridized carbons (Fsp3) is 0.400.